The number of nitrogens with two attached hydrogens (primary N) is 1. The van der Waals surface area contributed by atoms with Crippen molar-refractivity contribution in [2.45, 2.75) is 31.4 Å². The van der Waals surface area contributed by atoms with E-state index in [4.69, 9.17) is 10.5 Å². The highest BCUT2D eigenvalue weighted by molar-refractivity contribution is 5.43. The van der Waals surface area contributed by atoms with Crippen LogP contribution >= 0.6 is 0 Å². The van der Waals surface area contributed by atoms with Crippen LogP contribution in [0.25, 0.3) is 0 Å². The molecule has 0 aliphatic carbocycles. The smallest absolute Gasteiger partial charge is 0.232 e. The second-order valence-electron chi connectivity index (χ2n) is 5.55. The summed E-state index contributed by atoms with van der Waals surface area (Å²) in [7, 11) is 1.98. The van der Waals surface area contributed by atoms with Crippen LogP contribution in [0.4, 0.5) is 17.8 Å². The predicted molar refractivity (Wildman–Crippen MR) is 81.4 cm³/mol. The van der Waals surface area contributed by atoms with Crippen LogP contribution in [0.3, 0.4) is 0 Å². The number of likely N-dealkylation sites (N-methyl/N-ethyl adjacent to an activating group) is 1. The van der Waals surface area contributed by atoms with Crippen molar-refractivity contribution in [2.75, 3.05) is 49.2 Å². The lowest BCUT2D eigenvalue weighted by Crippen LogP contribution is -2.30. The molecule has 2 fully saturated rings. The highest BCUT2D eigenvalue weighted by Gasteiger charge is 2.24. The Kier molecular flexibility index (Phi) is 4.35. The minimum atomic E-state index is 0.242. The maximum absolute atomic E-state index is 5.80. The van der Waals surface area contributed by atoms with Gasteiger partial charge in [-0.05, 0) is 26.3 Å². The van der Waals surface area contributed by atoms with Gasteiger partial charge >= 0.3 is 0 Å². The largest absolute Gasteiger partial charge is 0.376 e. The third kappa shape index (κ3) is 3.51. The van der Waals surface area contributed by atoms with Gasteiger partial charge in [0.15, 0.2) is 0 Å². The van der Waals surface area contributed by atoms with Crippen molar-refractivity contribution in [3.8, 4) is 0 Å². The van der Waals surface area contributed by atoms with Gasteiger partial charge in [-0.2, -0.15) is 15.0 Å². The van der Waals surface area contributed by atoms with Crippen LogP contribution < -0.4 is 21.3 Å². The van der Waals surface area contributed by atoms with Gasteiger partial charge in [-0.3, -0.25) is 0 Å². The molecule has 1 unspecified atom stereocenters. The molecule has 1 aromatic rings. The first-order valence-electron chi connectivity index (χ1n) is 7.54. The average Bonchev–Trinajstić information content (AvgIpc) is 3.16. The molecule has 2 atom stereocenters. The van der Waals surface area contributed by atoms with E-state index in [9.17, 15) is 0 Å². The quantitative estimate of drug-likeness (QED) is 0.688. The number of nitrogens with one attached hydrogen (secondary N) is 2. The fourth-order valence-electron chi connectivity index (χ4n) is 2.79. The molecule has 4 N–H and O–H groups in total. The summed E-state index contributed by atoms with van der Waals surface area (Å²) < 4.78 is 5.58. The van der Waals surface area contributed by atoms with Gasteiger partial charge in [0, 0.05) is 32.3 Å². The molecule has 8 heteroatoms. The molecule has 2 aliphatic rings. The van der Waals surface area contributed by atoms with Gasteiger partial charge in [0.1, 0.15) is 0 Å². The molecular formula is C13H23N7O. The van der Waals surface area contributed by atoms with Gasteiger partial charge in [-0.25, -0.2) is 0 Å². The Hall–Kier alpha value is -1.67. The molecule has 1 aromatic heterocycles. The van der Waals surface area contributed by atoms with Gasteiger partial charge in [-0.1, -0.05) is 0 Å². The van der Waals surface area contributed by atoms with E-state index in [1.807, 2.05) is 7.05 Å². The third-order valence-corrected chi connectivity index (χ3v) is 4.03. The van der Waals surface area contributed by atoms with Gasteiger partial charge in [0.25, 0.3) is 0 Å². The van der Waals surface area contributed by atoms with Crippen molar-refractivity contribution in [1.29, 1.82) is 0 Å². The minimum Gasteiger partial charge on any atom is -0.376 e. The zero-order chi connectivity index (χ0) is 14.7. The molecule has 2 saturated heterocycles. The van der Waals surface area contributed by atoms with Crippen LogP contribution in [-0.4, -0.2) is 60.4 Å². The minimum absolute atomic E-state index is 0.242. The number of hydrogen-bond acceptors (Lipinski definition) is 8. The molecule has 3 heterocycles. The van der Waals surface area contributed by atoms with E-state index in [-0.39, 0.29) is 12.1 Å². The second kappa shape index (κ2) is 6.40. The Labute approximate surface area is 124 Å². The highest BCUT2D eigenvalue weighted by Crippen LogP contribution is 2.18. The molecule has 3 rings (SSSR count). The molecule has 0 spiro atoms. The zero-order valence-corrected chi connectivity index (χ0v) is 12.4. The van der Waals surface area contributed by atoms with Gasteiger partial charge < -0.3 is 26.0 Å². The maximum atomic E-state index is 5.80. The van der Waals surface area contributed by atoms with Crippen LogP contribution in [0.1, 0.15) is 19.3 Å². The standard InChI is InChI=1S/C13H23N7O/c1-15-9-4-5-20(8-9)13-18-11(14)17-12(19-13)16-7-10-3-2-6-21-10/h9-10,15H,2-8H2,1H3,(H3,14,16,17,18,19)/t9-,10?/m1/s1. The molecule has 116 valence electrons. The summed E-state index contributed by atoms with van der Waals surface area (Å²) in [5, 5.41) is 6.49. The third-order valence-electron chi connectivity index (χ3n) is 4.03. The molecular weight excluding hydrogens is 270 g/mol. The van der Waals surface area contributed by atoms with E-state index in [2.05, 4.69) is 30.5 Å². The Morgan fingerprint density at radius 2 is 2.24 bits per heavy atom. The van der Waals surface area contributed by atoms with E-state index >= 15 is 0 Å². The Morgan fingerprint density at radius 1 is 1.33 bits per heavy atom. The SMILES string of the molecule is CN[C@@H]1CCN(c2nc(N)nc(NCC3CCCO3)n2)C1. The first-order chi connectivity index (χ1) is 10.2. The van der Waals surface area contributed by atoms with Crippen molar-refractivity contribution in [2.24, 2.45) is 0 Å². The van der Waals surface area contributed by atoms with Crippen LogP contribution in [0.5, 0.6) is 0 Å². The van der Waals surface area contributed by atoms with Crippen molar-refractivity contribution in [1.82, 2.24) is 20.3 Å². The number of nitrogens with zero attached hydrogens (tertiary/aromatic N) is 4. The van der Waals surface area contributed by atoms with E-state index in [1.54, 1.807) is 0 Å². The number of aromatic nitrogens is 3. The van der Waals surface area contributed by atoms with E-state index in [1.165, 1.54) is 0 Å². The lowest BCUT2D eigenvalue weighted by molar-refractivity contribution is 0.120. The van der Waals surface area contributed by atoms with E-state index < -0.39 is 0 Å². The molecule has 0 amide bonds. The average molecular weight is 293 g/mol. The van der Waals surface area contributed by atoms with Gasteiger partial charge in [0.05, 0.1) is 6.10 Å². The molecule has 0 saturated carbocycles. The molecule has 0 aromatic carbocycles. The predicted octanol–water partition coefficient (Wildman–Crippen LogP) is -0.157. The van der Waals surface area contributed by atoms with E-state index in [0.29, 0.717) is 24.5 Å². The highest BCUT2D eigenvalue weighted by atomic mass is 16.5. The van der Waals surface area contributed by atoms with Crippen LogP contribution in [-0.2, 0) is 4.74 Å². The Bertz CT molecular complexity index is 478. The summed E-state index contributed by atoms with van der Waals surface area (Å²) in [6.07, 6.45) is 3.53. The monoisotopic (exact) mass is 293 g/mol. The maximum Gasteiger partial charge on any atom is 0.232 e. The van der Waals surface area contributed by atoms with Crippen LogP contribution in [0.15, 0.2) is 0 Å². The number of ether oxygens (including phenoxy) is 1. The summed E-state index contributed by atoms with van der Waals surface area (Å²) in [4.78, 5) is 15.0. The second-order valence-corrected chi connectivity index (χ2v) is 5.55. The topological polar surface area (TPSA) is 101 Å². The van der Waals surface area contributed by atoms with Gasteiger partial charge in [-0.15, -0.1) is 0 Å². The lowest BCUT2D eigenvalue weighted by Gasteiger charge is -2.17. The normalized spacial score (nSPS) is 25.5. The summed E-state index contributed by atoms with van der Waals surface area (Å²) >= 11 is 0. The van der Waals surface area contributed by atoms with Crippen molar-refractivity contribution < 1.29 is 4.74 Å². The molecule has 8 nitrogen and oxygen atoms in total. The molecule has 2 aliphatic heterocycles. The van der Waals surface area contributed by atoms with Crippen molar-refractivity contribution >= 4 is 17.8 Å². The molecule has 21 heavy (non-hydrogen) atoms. The van der Waals surface area contributed by atoms with Crippen molar-refractivity contribution in [3.05, 3.63) is 0 Å². The summed E-state index contributed by atoms with van der Waals surface area (Å²) in [5.74, 6) is 1.43. The number of anilines is 3. The Morgan fingerprint density at radius 3 is 2.95 bits per heavy atom. The molecule has 0 radical (unpaired) electrons. The van der Waals surface area contributed by atoms with Gasteiger partial charge in [0.2, 0.25) is 17.8 Å². The first-order valence-corrected chi connectivity index (χ1v) is 7.54. The first kappa shape index (κ1) is 14.3. The summed E-state index contributed by atoms with van der Waals surface area (Å²) in [5.41, 5.74) is 5.80. The summed E-state index contributed by atoms with van der Waals surface area (Å²) in [6, 6.07) is 0.478. The Balaban J connectivity index is 1.64. The zero-order valence-electron chi connectivity index (χ0n) is 12.4. The number of rotatable bonds is 5. The van der Waals surface area contributed by atoms with Crippen LogP contribution in [0.2, 0.25) is 0 Å². The fourth-order valence-corrected chi connectivity index (χ4v) is 2.79. The number of nitrogen functional groups attached to an aromatic ring is 1. The number of hydrogen-bond donors (Lipinski definition) is 3. The fraction of sp³-hybridized carbons (Fsp3) is 0.769. The molecule has 0 bridgehead atoms. The summed E-state index contributed by atoms with van der Waals surface area (Å²) in [6.45, 7) is 3.38. The van der Waals surface area contributed by atoms with Crippen LogP contribution in [0, 0.1) is 0 Å². The van der Waals surface area contributed by atoms with Crippen molar-refractivity contribution in [3.63, 3.8) is 0 Å². The lowest BCUT2D eigenvalue weighted by atomic mass is 10.2. The van der Waals surface area contributed by atoms with E-state index in [0.717, 1.165) is 39.0 Å².